The summed E-state index contributed by atoms with van der Waals surface area (Å²) in [5, 5.41) is 2.79. The Morgan fingerprint density at radius 3 is 2.74 bits per heavy atom. The zero-order valence-corrected chi connectivity index (χ0v) is 11.8. The first-order chi connectivity index (χ1) is 8.95. The van der Waals surface area contributed by atoms with E-state index in [1.807, 2.05) is 13.8 Å². The molecule has 0 aliphatic carbocycles. The minimum absolute atomic E-state index is 0.170. The van der Waals surface area contributed by atoms with Gasteiger partial charge in [0.15, 0.2) is 5.82 Å². The number of nitrogens with zero attached hydrogens (tertiary/aromatic N) is 2. The Morgan fingerprint density at radius 1 is 1.47 bits per heavy atom. The predicted molar refractivity (Wildman–Crippen MR) is 73.1 cm³/mol. The van der Waals surface area contributed by atoms with Crippen molar-refractivity contribution in [1.82, 2.24) is 9.55 Å². The summed E-state index contributed by atoms with van der Waals surface area (Å²) in [6.45, 7) is 8.36. The molecule has 1 N–H and O–H groups in total. The van der Waals surface area contributed by atoms with Gasteiger partial charge in [0.05, 0.1) is 6.61 Å². The van der Waals surface area contributed by atoms with Gasteiger partial charge in [0.25, 0.3) is 5.56 Å². The van der Waals surface area contributed by atoms with Crippen LogP contribution in [0.2, 0.25) is 0 Å². The first-order valence-corrected chi connectivity index (χ1v) is 6.44. The van der Waals surface area contributed by atoms with Gasteiger partial charge in [-0.2, -0.15) is 0 Å². The summed E-state index contributed by atoms with van der Waals surface area (Å²) in [6, 6.07) is -0.602. The molecule has 19 heavy (non-hydrogen) atoms. The number of carbonyl (C=O) groups is 1. The van der Waals surface area contributed by atoms with Gasteiger partial charge in [0, 0.05) is 18.9 Å². The number of ether oxygens (including phenoxy) is 1. The second-order valence-corrected chi connectivity index (χ2v) is 4.75. The Kier molecular flexibility index (Phi) is 5.54. The number of esters is 1. The molecule has 1 heterocycles. The molecular formula is C13H21N3O3. The number of rotatable bonds is 6. The highest BCUT2D eigenvalue weighted by atomic mass is 16.5. The van der Waals surface area contributed by atoms with E-state index in [1.165, 1.54) is 0 Å². The van der Waals surface area contributed by atoms with Crippen molar-refractivity contribution in [3.8, 4) is 0 Å². The molecule has 0 fully saturated rings. The molecule has 1 aromatic heterocycles. The lowest BCUT2D eigenvalue weighted by Crippen LogP contribution is -2.33. The molecule has 6 nitrogen and oxygen atoms in total. The molecule has 1 aromatic rings. The summed E-state index contributed by atoms with van der Waals surface area (Å²) in [5.74, 6) is 0.127. The molecule has 0 aliphatic rings. The van der Waals surface area contributed by atoms with Crippen LogP contribution in [0.15, 0.2) is 17.2 Å². The number of nitrogens with one attached hydrogen (secondary N) is 1. The summed E-state index contributed by atoms with van der Waals surface area (Å²) in [7, 11) is 0. The third-order valence-corrected chi connectivity index (χ3v) is 2.47. The van der Waals surface area contributed by atoms with Gasteiger partial charge in [-0.3, -0.25) is 4.79 Å². The number of hydrogen-bond donors (Lipinski definition) is 1. The maximum absolute atomic E-state index is 12.1. The van der Waals surface area contributed by atoms with E-state index in [1.54, 1.807) is 30.8 Å². The SMILES string of the molecule is CCOC(=O)C(C)Nc1nccn(CC(C)C)c1=O. The second kappa shape index (κ2) is 6.92. The van der Waals surface area contributed by atoms with Gasteiger partial charge < -0.3 is 14.6 Å². The van der Waals surface area contributed by atoms with Crippen molar-refractivity contribution in [1.29, 1.82) is 0 Å². The molecule has 0 aromatic carbocycles. The van der Waals surface area contributed by atoms with Crippen molar-refractivity contribution in [2.24, 2.45) is 5.92 Å². The van der Waals surface area contributed by atoms with E-state index in [2.05, 4.69) is 10.3 Å². The van der Waals surface area contributed by atoms with Crippen molar-refractivity contribution in [2.45, 2.75) is 40.3 Å². The van der Waals surface area contributed by atoms with E-state index in [0.717, 1.165) is 0 Å². The second-order valence-electron chi connectivity index (χ2n) is 4.75. The van der Waals surface area contributed by atoms with Crippen LogP contribution in [0.4, 0.5) is 5.82 Å². The molecule has 1 unspecified atom stereocenters. The lowest BCUT2D eigenvalue weighted by atomic mass is 10.2. The van der Waals surface area contributed by atoms with E-state index in [9.17, 15) is 9.59 Å². The van der Waals surface area contributed by atoms with Gasteiger partial charge >= 0.3 is 5.97 Å². The number of carbonyl (C=O) groups excluding carboxylic acids is 1. The minimum Gasteiger partial charge on any atom is -0.464 e. The smallest absolute Gasteiger partial charge is 0.328 e. The first kappa shape index (κ1) is 15.2. The van der Waals surface area contributed by atoms with Crippen LogP contribution in [0.5, 0.6) is 0 Å². The lowest BCUT2D eigenvalue weighted by molar-refractivity contribution is -0.143. The van der Waals surface area contributed by atoms with Gasteiger partial charge in [0.1, 0.15) is 6.04 Å². The highest BCUT2D eigenvalue weighted by Gasteiger charge is 2.16. The van der Waals surface area contributed by atoms with Crippen LogP contribution in [0.25, 0.3) is 0 Å². The van der Waals surface area contributed by atoms with Crippen molar-refractivity contribution in [3.63, 3.8) is 0 Å². The van der Waals surface area contributed by atoms with Crippen molar-refractivity contribution >= 4 is 11.8 Å². The van der Waals surface area contributed by atoms with Gasteiger partial charge in [-0.25, -0.2) is 9.78 Å². The van der Waals surface area contributed by atoms with Gasteiger partial charge in [0.2, 0.25) is 0 Å². The molecule has 0 aliphatic heterocycles. The number of hydrogen-bond acceptors (Lipinski definition) is 5. The fraction of sp³-hybridized carbons (Fsp3) is 0.615. The largest absolute Gasteiger partial charge is 0.464 e. The van der Waals surface area contributed by atoms with Crippen molar-refractivity contribution < 1.29 is 9.53 Å². The normalized spacial score (nSPS) is 12.3. The van der Waals surface area contributed by atoms with Crippen LogP contribution in [-0.2, 0) is 16.1 Å². The molecule has 0 radical (unpaired) electrons. The molecule has 6 heteroatoms. The van der Waals surface area contributed by atoms with Crippen LogP contribution < -0.4 is 10.9 Å². The van der Waals surface area contributed by atoms with E-state index >= 15 is 0 Å². The topological polar surface area (TPSA) is 73.2 Å². The summed E-state index contributed by atoms with van der Waals surface area (Å²) in [4.78, 5) is 27.6. The van der Waals surface area contributed by atoms with Gasteiger partial charge in [-0.15, -0.1) is 0 Å². The lowest BCUT2D eigenvalue weighted by Gasteiger charge is -2.14. The minimum atomic E-state index is -0.602. The molecular weight excluding hydrogens is 246 g/mol. The molecule has 0 saturated carbocycles. The third kappa shape index (κ3) is 4.39. The molecule has 0 spiro atoms. The number of anilines is 1. The fourth-order valence-electron chi connectivity index (χ4n) is 1.61. The quantitative estimate of drug-likeness (QED) is 0.786. The van der Waals surface area contributed by atoms with E-state index in [4.69, 9.17) is 4.74 Å². The maximum Gasteiger partial charge on any atom is 0.328 e. The zero-order valence-electron chi connectivity index (χ0n) is 11.8. The Bertz CT molecular complexity index is 482. The molecule has 0 bridgehead atoms. The average Bonchev–Trinajstić information content (AvgIpc) is 2.34. The van der Waals surface area contributed by atoms with Crippen molar-refractivity contribution in [2.75, 3.05) is 11.9 Å². The Labute approximate surface area is 112 Å². The average molecular weight is 267 g/mol. The molecule has 106 valence electrons. The van der Waals surface area contributed by atoms with Crippen molar-refractivity contribution in [3.05, 3.63) is 22.7 Å². The van der Waals surface area contributed by atoms with Crippen LogP contribution >= 0.6 is 0 Å². The summed E-state index contributed by atoms with van der Waals surface area (Å²) >= 11 is 0. The molecule has 0 saturated heterocycles. The maximum atomic E-state index is 12.1. The van der Waals surface area contributed by atoms with Crippen LogP contribution in [-0.4, -0.2) is 28.2 Å². The highest BCUT2D eigenvalue weighted by molar-refractivity contribution is 5.78. The Hall–Kier alpha value is -1.85. The van der Waals surface area contributed by atoms with E-state index in [0.29, 0.717) is 19.1 Å². The van der Waals surface area contributed by atoms with E-state index < -0.39 is 12.0 Å². The summed E-state index contributed by atoms with van der Waals surface area (Å²) in [6.07, 6.45) is 3.19. The van der Waals surface area contributed by atoms with E-state index in [-0.39, 0.29) is 11.4 Å². The Morgan fingerprint density at radius 2 is 2.16 bits per heavy atom. The monoisotopic (exact) mass is 267 g/mol. The zero-order chi connectivity index (χ0) is 14.4. The number of aromatic nitrogens is 2. The van der Waals surface area contributed by atoms with Gasteiger partial charge in [-0.1, -0.05) is 13.8 Å². The third-order valence-electron chi connectivity index (χ3n) is 2.47. The summed E-state index contributed by atoms with van der Waals surface area (Å²) in [5.41, 5.74) is -0.229. The molecule has 0 amide bonds. The molecule has 1 rings (SSSR count). The van der Waals surface area contributed by atoms with Crippen LogP contribution in [0, 0.1) is 5.92 Å². The predicted octanol–water partition coefficient (Wildman–Crippen LogP) is 1.26. The van der Waals surface area contributed by atoms with Crippen LogP contribution in [0.3, 0.4) is 0 Å². The summed E-state index contributed by atoms with van der Waals surface area (Å²) < 4.78 is 6.45. The van der Waals surface area contributed by atoms with Gasteiger partial charge in [-0.05, 0) is 19.8 Å². The fourth-order valence-corrected chi connectivity index (χ4v) is 1.61. The standard InChI is InChI=1S/C13H21N3O3/c1-5-19-13(18)10(4)15-11-12(17)16(7-6-14-11)8-9(2)3/h6-7,9-10H,5,8H2,1-4H3,(H,14,15). The van der Waals surface area contributed by atoms with Crippen LogP contribution in [0.1, 0.15) is 27.7 Å². The molecule has 1 atom stereocenters. The Balaban J connectivity index is 2.84. The highest BCUT2D eigenvalue weighted by Crippen LogP contribution is 2.01. The first-order valence-electron chi connectivity index (χ1n) is 6.44.